The first-order valence-electron chi connectivity index (χ1n) is 7.72. The van der Waals surface area contributed by atoms with Crippen LogP contribution in [0.3, 0.4) is 0 Å². The van der Waals surface area contributed by atoms with E-state index in [1.807, 2.05) is 18.2 Å². The number of carbonyl (C=O) groups is 2. The number of carboxylic acid groups (broad SMARTS) is 1. The maximum absolute atomic E-state index is 11.9. The normalized spacial score (nSPS) is 21.7. The zero-order chi connectivity index (χ0) is 16.8. The molecule has 126 valence electrons. The van der Waals surface area contributed by atoms with Crippen molar-refractivity contribution in [3.05, 3.63) is 29.8 Å². The van der Waals surface area contributed by atoms with Crippen LogP contribution in [0.4, 0.5) is 10.5 Å². The van der Waals surface area contributed by atoms with Gasteiger partial charge in [0, 0.05) is 11.7 Å². The average Bonchev–Trinajstić information content (AvgIpc) is 2.90. The number of rotatable bonds is 6. The fourth-order valence-electron chi connectivity index (χ4n) is 2.61. The van der Waals surface area contributed by atoms with E-state index in [1.165, 1.54) is 6.92 Å². The number of hydrogen-bond donors (Lipinski definition) is 4. The van der Waals surface area contributed by atoms with E-state index >= 15 is 0 Å². The van der Waals surface area contributed by atoms with E-state index < -0.39 is 18.0 Å². The summed E-state index contributed by atoms with van der Waals surface area (Å²) in [7, 11) is 0. The van der Waals surface area contributed by atoms with Gasteiger partial charge in [-0.15, -0.1) is 0 Å². The second kappa shape index (κ2) is 7.94. The maximum atomic E-state index is 11.9. The molecule has 0 aromatic heterocycles. The van der Waals surface area contributed by atoms with Crippen LogP contribution in [-0.2, 0) is 16.1 Å². The largest absolute Gasteiger partial charge is 0.465 e. The highest BCUT2D eigenvalue weighted by Crippen LogP contribution is 2.22. The molecular formula is C16H23N3O4. The molecule has 7 nitrogen and oxygen atoms in total. The number of hydrogen-bond acceptors (Lipinski definition) is 4. The summed E-state index contributed by atoms with van der Waals surface area (Å²) in [6.45, 7) is 1.92. The smallest absolute Gasteiger partial charge is 0.405 e. The fourth-order valence-corrected chi connectivity index (χ4v) is 2.61. The molecule has 1 fully saturated rings. The van der Waals surface area contributed by atoms with Gasteiger partial charge in [-0.05, 0) is 43.9 Å². The number of nitrogens with one attached hydrogen (secondary N) is 2. The molecular weight excluding hydrogens is 298 g/mol. The maximum Gasteiger partial charge on any atom is 0.405 e. The quantitative estimate of drug-likeness (QED) is 0.636. The Morgan fingerprint density at radius 1 is 1.43 bits per heavy atom. The lowest BCUT2D eigenvalue weighted by molar-refractivity contribution is -0.117. The van der Waals surface area contributed by atoms with Crippen LogP contribution in [0.1, 0.15) is 31.7 Å². The highest BCUT2D eigenvalue weighted by atomic mass is 16.5. The van der Waals surface area contributed by atoms with Crippen LogP contribution in [0, 0.1) is 0 Å². The lowest BCUT2D eigenvalue weighted by atomic mass is 10.2. The van der Waals surface area contributed by atoms with Gasteiger partial charge in [0.15, 0.2) is 0 Å². The number of ether oxygens (including phenoxy) is 1. The molecule has 1 aliphatic rings. The Bertz CT molecular complexity index is 564. The van der Waals surface area contributed by atoms with Gasteiger partial charge in [-0.3, -0.25) is 4.79 Å². The molecule has 1 saturated carbocycles. The van der Waals surface area contributed by atoms with E-state index in [-0.39, 0.29) is 12.1 Å². The molecule has 0 heterocycles. The molecule has 5 N–H and O–H groups in total. The van der Waals surface area contributed by atoms with Crippen molar-refractivity contribution in [1.29, 1.82) is 0 Å². The molecule has 23 heavy (non-hydrogen) atoms. The Morgan fingerprint density at radius 3 is 2.87 bits per heavy atom. The third-order valence-corrected chi connectivity index (χ3v) is 3.90. The molecule has 0 saturated heterocycles. The predicted molar refractivity (Wildman–Crippen MR) is 86.1 cm³/mol. The van der Waals surface area contributed by atoms with E-state index in [4.69, 9.17) is 15.6 Å². The highest BCUT2D eigenvalue weighted by molar-refractivity contribution is 5.96. The van der Waals surface area contributed by atoms with Crippen LogP contribution in [0.15, 0.2) is 24.3 Å². The molecule has 7 heteroatoms. The van der Waals surface area contributed by atoms with Gasteiger partial charge in [-0.1, -0.05) is 12.1 Å². The number of benzene rings is 1. The van der Waals surface area contributed by atoms with Crippen LogP contribution < -0.4 is 16.4 Å². The standard InChI is InChI=1S/C16H23N3O4/c1-10(18-16(21)22)15(20)19-12-5-2-4-11(8-12)9-23-14-7-3-6-13(14)17/h2,4-5,8,10,13-14,18H,3,6-7,9,17H2,1H3,(H,19,20)(H,21,22)/t10-,13-,14-/m0/s1. The van der Waals surface area contributed by atoms with Gasteiger partial charge < -0.3 is 26.2 Å². The molecule has 2 amide bonds. The SMILES string of the molecule is C[C@H](NC(=O)O)C(=O)Nc1cccc(CO[C@H]2CCC[C@@H]2N)c1. The summed E-state index contributed by atoms with van der Waals surface area (Å²) < 4.78 is 5.83. The number of carbonyl (C=O) groups excluding carboxylic acids is 1. The van der Waals surface area contributed by atoms with Gasteiger partial charge in [0.05, 0.1) is 12.7 Å². The van der Waals surface area contributed by atoms with Crippen molar-refractivity contribution in [3.63, 3.8) is 0 Å². The zero-order valence-electron chi connectivity index (χ0n) is 13.1. The third-order valence-electron chi connectivity index (χ3n) is 3.90. The Morgan fingerprint density at radius 2 is 2.22 bits per heavy atom. The van der Waals surface area contributed by atoms with Crippen molar-refractivity contribution in [2.75, 3.05) is 5.32 Å². The van der Waals surface area contributed by atoms with Gasteiger partial charge in [0.2, 0.25) is 5.91 Å². The molecule has 2 rings (SSSR count). The predicted octanol–water partition coefficient (Wildman–Crippen LogP) is 1.68. The summed E-state index contributed by atoms with van der Waals surface area (Å²) in [6, 6.07) is 6.56. The zero-order valence-corrected chi connectivity index (χ0v) is 13.1. The van der Waals surface area contributed by atoms with Crippen LogP contribution in [0.25, 0.3) is 0 Å². The third kappa shape index (κ3) is 5.22. The van der Waals surface area contributed by atoms with E-state index in [1.54, 1.807) is 6.07 Å². The number of nitrogens with two attached hydrogens (primary N) is 1. The Hall–Kier alpha value is -2.12. The minimum atomic E-state index is -1.23. The molecule has 0 bridgehead atoms. The monoisotopic (exact) mass is 321 g/mol. The second-order valence-corrected chi connectivity index (χ2v) is 5.81. The Balaban J connectivity index is 1.89. The van der Waals surface area contributed by atoms with Crippen molar-refractivity contribution in [2.45, 2.75) is 51.0 Å². The van der Waals surface area contributed by atoms with Gasteiger partial charge in [-0.2, -0.15) is 0 Å². The van der Waals surface area contributed by atoms with Crippen LogP contribution in [-0.4, -0.2) is 35.3 Å². The van der Waals surface area contributed by atoms with Crippen LogP contribution in [0.5, 0.6) is 0 Å². The van der Waals surface area contributed by atoms with Crippen molar-refractivity contribution < 1.29 is 19.4 Å². The van der Waals surface area contributed by atoms with Crippen molar-refractivity contribution in [2.24, 2.45) is 5.73 Å². The molecule has 0 spiro atoms. The first-order chi connectivity index (χ1) is 11.0. The number of anilines is 1. The van der Waals surface area contributed by atoms with Crippen molar-refractivity contribution >= 4 is 17.7 Å². The minimum Gasteiger partial charge on any atom is -0.465 e. The van der Waals surface area contributed by atoms with E-state index in [2.05, 4.69) is 10.6 Å². The molecule has 1 aliphatic carbocycles. The average molecular weight is 321 g/mol. The minimum absolute atomic E-state index is 0.0908. The van der Waals surface area contributed by atoms with Gasteiger partial charge in [0.25, 0.3) is 0 Å². The van der Waals surface area contributed by atoms with Gasteiger partial charge in [-0.25, -0.2) is 4.79 Å². The van der Waals surface area contributed by atoms with E-state index in [0.717, 1.165) is 24.8 Å². The number of amides is 2. The summed E-state index contributed by atoms with van der Waals surface area (Å²) in [5.41, 5.74) is 7.51. The van der Waals surface area contributed by atoms with Crippen molar-refractivity contribution in [1.82, 2.24) is 5.32 Å². The Kier molecular flexibility index (Phi) is 5.95. The molecule has 0 unspecified atom stereocenters. The topological polar surface area (TPSA) is 114 Å². The van der Waals surface area contributed by atoms with Crippen LogP contribution in [0.2, 0.25) is 0 Å². The summed E-state index contributed by atoms with van der Waals surface area (Å²) >= 11 is 0. The second-order valence-electron chi connectivity index (χ2n) is 5.81. The van der Waals surface area contributed by atoms with Gasteiger partial charge >= 0.3 is 6.09 Å². The molecule has 3 atom stereocenters. The summed E-state index contributed by atoms with van der Waals surface area (Å²) in [5, 5.41) is 13.4. The lowest BCUT2D eigenvalue weighted by Crippen LogP contribution is -2.40. The van der Waals surface area contributed by atoms with E-state index in [0.29, 0.717) is 12.3 Å². The van der Waals surface area contributed by atoms with Crippen LogP contribution >= 0.6 is 0 Å². The lowest BCUT2D eigenvalue weighted by Gasteiger charge is -2.17. The molecule has 0 aliphatic heterocycles. The molecule has 0 radical (unpaired) electrons. The van der Waals surface area contributed by atoms with Gasteiger partial charge in [0.1, 0.15) is 6.04 Å². The summed E-state index contributed by atoms with van der Waals surface area (Å²) in [4.78, 5) is 22.4. The molecule has 1 aromatic carbocycles. The first-order valence-corrected chi connectivity index (χ1v) is 7.72. The van der Waals surface area contributed by atoms with Crippen molar-refractivity contribution in [3.8, 4) is 0 Å². The Labute approximate surface area is 135 Å². The van der Waals surface area contributed by atoms with E-state index in [9.17, 15) is 9.59 Å². The summed E-state index contributed by atoms with van der Waals surface area (Å²) in [5.74, 6) is -0.414. The molecule has 1 aromatic rings. The highest BCUT2D eigenvalue weighted by Gasteiger charge is 2.24. The first kappa shape index (κ1) is 17.2. The summed E-state index contributed by atoms with van der Waals surface area (Å²) in [6.07, 6.45) is 1.93. The fraction of sp³-hybridized carbons (Fsp3) is 0.500.